The second kappa shape index (κ2) is 5.79. The molecular formula is C16H11BrN2OS. The molecule has 0 radical (unpaired) electrons. The Morgan fingerprint density at radius 1 is 1.05 bits per heavy atom. The number of carbonyl (C=O) groups excluding carboxylic acids is 1. The molecule has 3 nitrogen and oxygen atoms in total. The number of thiazole rings is 1. The van der Waals surface area contributed by atoms with Gasteiger partial charge in [0.05, 0.1) is 5.69 Å². The lowest BCUT2D eigenvalue weighted by Crippen LogP contribution is -2.01. The topological polar surface area (TPSA) is 56.0 Å². The maximum absolute atomic E-state index is 12.8. The number of anilines is 1. The summed E-state index contributed by atoms with van der Waals surface area (Å²) in [5, 5.41) is 0.393. The number of nitrogens with two attached hydrogens (primary N) is 1. The zero-order valence-corrected chi connectivity index (χ0v) is 13.3. The van der Waals surface area contributed by atoms with E-state index in [0.717, 1.165) is 10.0 Å². The summed E-state index contributed by atoms with van der Waals surface area (Å²) in [6.07, 6.45) is 0. The average Bonchev–Trinajstić information content (AvgIpc) is 2.90. The maximum Gasteiger partial charge on any atom is 0.206 e. The van der Waals surface area contributed by atoms with E-state index >= 15 is 0 Å². The SMILES string of the molecule is Nc1nc(-c2ccccc2)c(C(=O)c2ccccc2Br)s1. The number of ketones is 1. The fourth-order valence-electron chi connectivity index (χ4n) is 2.05. The lowest BCUT2D eigenvalue weighted by molar-refractivity contribution is 0.104. The van der Waals surface area contributed by atoms with E-state index in [1.165, 1.54) is 11.3 Å². The summed E-state index contributed by atoms with van der Waals surface area (Å²) < 4.78 is 0.765. The van der Waals surface area contributed by atoms with Crippen molar-refractivity contribution in [2.24, 2.45) is 0 Å². The van der Waals surface area contributed by atoms with Crippen LogP contribution in [0.3, 0.4) is 0 Å². The number of nitrogens with zero attached hydrogens (tertiary/aromatic N) is 1. The van der Waals surface area contributed by atoms with Gasteiger partial charge < -0.3 is 5.73 Å². The normalized spacial score (nSPS) is 10.5. The summed E-state index contributed by atoms with van der Waals surface area (Å²) in [5.74, 6) is -0.0736. The molecule has 3 rings (SSSR count). The van der Waals surface area contributed by atoms with Crippen molar-refractivity contribution in [1.82, 2.24) is 4.98 Å². The molecule has 0 amide bonds. The lowest BCUT2D eigenvalue weighted by Gasteiger charge is -2.04. The van der Waals surface area contributed by atoms with Crippen molar-refractivity contribution < 1.29 is 4.79 Å². The third kappa shape index (κ3) is 2.75. The number of aromatic nitrogens is 1. The van der Waals surface area contributed by atoms with Crippen molar-refractivity contribution in [3.63, 3.8) is 0 Å². The van der Waals surface area contributed by atoms with Crippen molar-refractivity contribution in [2.45, 2.75) is 0 Å². The van der Waals surface area contributed by atoms with Gasteiger partial charge in [-0.05, 0) is 12.1 Å². The van der Waals surface area contributed by atoms with Gasteiger partial charge in [0.1, 0.15) is 4.88 Å². The van der Waals surface area contributed by atoms with Crippen LogP contribution in [0.1, 0.15) is 15.2 Å². The fraction of sp³-hybridized carbons (Fsp3) is 0. The summed E-state index contributed by atoms with van der Waals surface area (Å²) in [6, 6.07) is 16.9. The molecule has 0 bridgehead atoms. The molecule has 1 aromatic heterocycles. The monoisotopic (exact) mass is 358 g/mol. The molecule has 0 unspecified atom stereocenters. The van der Waals surface area contributed by atoms with E-state index in [4.69, 9.17) is 5.73 Å². The van der Waals surface area contributed by atoms with Crippen LogP contribution < -0.4 is 5.73 Å². The first-order valence-corrected chi connectivity index (χ1v) is 7.88. The van der Waals surface area contributed by atoms with E-state index in [1.54, 1.807) is 6.07 Å². The quantitative estimate of drug-likeness (QED) is 0.706. The van der Waals surface area contributed by atoms with E-state index in [9.17, 15) is 4.79 Å². The van der Waals surface area contributed by atoms with Crippen LogP contribution >= 0.6 is 27.3 Å². The predicted molar refractivity (Wildman–Crippen MR) is 89.5 cm³/mol. The maximum atomic E-state index is 12.8. The largest absolute Gasteiger partial charge is 0.375 e. The highest BCUT2D eigenvalue weighted by atomic mass is 79.9. The first-order valence-electron chi connectivity index (χ1n) is 6.28. The van der Waals surface area contributed by atoms with Crippen LogP contribution in [0.15, 0.2) is 59.1 Å². The third-order valence-corrected chi connectivity index (χ3v) is 4.59. The summed E-state index contributed by atoms with van der Waals surface area (Å²) >= 11 is 4.63. The van der Waals surface area contributed by atoms with Crippen molar-refractivity contribution in [3.8, 4) is 11.3 Å². The van der Waals surface area contributed by atoms with Gasteiger partial charge in [0.15, 0.2) is 5.13 Å². The highest BCUT2D eigenvalue weighted by Gasteiger charge is 2.21. The first kappa shape index (κ1) is 14.0. The van der Waals surface area contributed by atoms with Crippen LogP contribution in [-0.4, -0.2) is 10.8 Å². The Morgan fingerprint density at radius 3 is 2.43 bits per heavy atom. The highest BCUT2D eigenvalue weighted by molar-refractivity contribution is 9.10. The third-order valence-electron chi connectivity index (χ3n) is 3.02. The molecule has 0 aliphatic rings. The fourth-order valence-corrected chi connectivity index (χ4v) is 3.32. The predicted octanol–water partition coefficient (Wildman–Crippen LogP) is 4.39. The first-order chi connectivity index (χ1) is 10.2. The molecule has 3 aromatic rings. The van der Waals surface area contributed by atoms with Gasteiger partial charge in [-0.3, -0.25) is 4.79 Å². The molecule has 0 saturated heterocycles. The molecule has 0 fully saturated rings. The van der Waals surface area contributed by atoms with Crippen molar-refractivity contribution in [2.75, 3.05) is 5.73 Å². The molecule has 2 N–H and O–H groups in total. The molecular weight excluding hydrogens is 348 g/mol. The van der Waals surface area contributed by atoms with E-state index < -0.39 is 0 Å². The van der Waals surface area contributed by atoms with E-state index in [2.05, 4.69) is 20.9 Å². The summed E-state index contributed by atoms with van der Waals surface area (Å²) in [5.41, 5.74) is 7.95. The number of halogens is 1. The Balaban J connectivity index is 2.12. The average molecular weight is 359 g/mol. The van der Waals surface area contributed by atoms with Gasteiger partial charge >= 0.3 is 0 Å². The Kier molecular flexibility index (Phi) is 3.86. The van der Waals surface area contributed by atoms with Crippen LogP contribution in [-0.2, 0) is 0 Å². The molecule has 5 heteroatoms. The Morgan fingerprint density at radius 2 is 1.71 bits per heavy atom. The van der Waals surface area contributed by atoms with Gasteiger partial charge in [0.25, 0.3) is 0 Å². The van der Waals surface area contributed by atoms with Crippen molar-refractivity contribution >= 4 is 38.2 Å². The van der Waals surface area contributed by atoms with Gasteiger partial charge in [0.2, 0.25) is 5.78 Å². The van der Waals surface area contributed by atoms with Gasteiger partial charge in [-0.25, -0.2) is 4.98 Å². The molecule has 2 aromatic carbocycles. The van der Waals surface area contributed by atoms with Crippen LogP contribution in [0.4, 0.5) is 5.13 Å². The smallest absolute Gasteiger partial charge is 0.206 e. The molecule has 1 heterocycles. The van der Waals surface area contributed by atoms with Gasteiger partial charge in [-0.1, -0.05) is 69.7 Å². The van der Waals surface area contributed by atoms with Crippen molar-refractivity contribution in [1.29, 1.82) is 0 Å². The number of hydrogen-bond donors (Lipinski definition) is 1. The van der Waals surface area contributed by atoms with Crippen LogP contribution in [0.2, 0.25) is 0 Å². The minimum atomic E-state index is -0.0736. The van der Waals surface area contributed by atoms with Gasteiger partial charge in [-0.2, -0.15) is 0 Å². The van der Waals surface area contributed by atoms with E-state index in [1.807, 2.05) is 48.5 Å². The van der Waals surface area contributed by atoms with Crippen LogP contribution in [0.25, 0.3) is 11.3 Å². The molecule has 0 aliphatic carbocycles. The molecule has 0 aliphatic heterocycles. The summed E-state index contributed by atoms with van der Waals surface area (Å²) in [7, 11) is 0. The lowest BCUT2D eigenvalue weighted by atomic mass is 10.1. The molecule has 0 atom stereocenters. The number of rotatable bonds is 3. The Bertz CT molecular complexity index is 799. The van der Waals surface area contributed by atoms with Crippen LogP contribution in [0, 0.1) is 0 Å². The van der Waals surface area contributed by atoms with Crippen molar-refractivity contribution in [3.05, 3.63) is 69.5 Å². The molecule has 21 heavy (non-hydrogen) atoms. The van der Waals surface area contributed by atoms with Gasteiger partial charge in [-0.15, -0.1) is 0 Å². The minimum absolute atomic E-state index is 0.0736. The Hall–Kier alpha value is -1.98. The summed E-state index contributed by atoms with van der Waals surface area (Å²) in [4.78, 5) is 17.6. The number of nitrogen functional groups attached to an aromatic ring is 1. The second-order valence-electron chi connectivity index (χ2n) is 4.40. The minimum Gasteiger partial charge on any atom is -0.375 e. The second-order valence-corrected chi connectivity index (χ2v) is 6.29. The van der Waals surface area contributed by atoms with E-state index in [-0.39, 0.29) is 5.78 Å². The van der Waals surface area contributed by atoms with E-state index in [0.29, 0.717) is 21.3 Å². The highest BCUT2D eigenvalue weighted by Crippen LogP contribution is 2.32. The van der Waals surface area contributed by atoms with Gasteiger partial charge in [0, 0.05) is 15.6 Å². The zero-order chi connectivity index (χ0) is 14.8. The molecule has 104 valence electrons. The Labute approximate surface area is 134 Å². The summed E-state index contributed by atoms with van der Waals surface area (Å²) in [6.45, 7) is 0. The van der Waals surface area contributed by atoms with Crippen LogP contribution in [0.5, 0.6) is 0 Å². The number of hydrogen-bond acceptors (Lipinski definition) is 4. The zero-order valence-electron chi connectivity index (χ0n) is 10.9. The molecule has 0 spiro atoms. The number of carbonyl (C=O) groups is 1. The number of benzene rings is 2. The molecule has 0 saturated carbocycles. The standard InChI is InChI=1S/C16H11BrN2OS/c17-12-9-5-4-8-11(12)14(20)15-13(19-16(18)21-15)10-6-2-1-3-7-10/h1-9H,(H2,18,19).